The van der Waals surface area contributed by atoms with Crippen LogP contribution in [0.2, 0.25) is 0 Å². The molecule has 0 aliphatic carbocycles. The quantitative estimate of drug-likeness (QED) is 0.578. The lowest BCUT2D eigenvalue weighted by atomic mass is 10.2. The van der Waals surface area contributed by atoms with Crippen LogP contribution in [-0.4, -0.2) is 15.2 Å². The van der Waals surface area contributed by atoms with E-state index < -0.39 is 0 Å². The molecule has 0 radical (unpaired) electrons. The molecule has 15 heavy (non-hydrogen) atoms. The van der Waals surface area contributed by atoms with Crippen LogP contribution < -0.4 is 0 Å². The lowest BCUT2D eigenvalue weighted by Gasteiger charge is -2.14. The van der Waals surface area contributed by atoms with Gasteiger partial charge in [0.05, 0.1) is 0 Å². The van der Waals surface area contributed by atoms with Crippen molar-refractivity contribution in [3.63, 3.8) is 0 Å². The highest BCUT2D eigenvalue weighted by molar-refractivity contribution is 7.99. The Morgan fingerprint density at radius 1 is 1.27 bits per heavy atom. The first kappa shape index (κ1) is 12.5. The van der Waals surface area contributed by atoms with Crippen molar-refractivity contribution in [3.8, 4) is 0 Å². The van der Waals surface area contributed by atoms with Gasteiger partial charge < -0.3 is 0 Å². The minimum atomic E-state index is 0.601. The normalized spacial score (nSPS) is 13.2. The molecule has 1 rings (SSSR count). The molecule has 0 spiro atoms. The number of hydrogen-bond acceptors (Lipinski definition) is 3. The van der Waals surface area contributed by atoms with Gasteiger partial charge in [-0.3, -0.25) is 0 Å². The predicted molar refractivity (Wildman–Crippen MR) is 66.3 cm³/mol. The Balaban J connectivity index is 2.80. The van der Waals surface area contributed by atoms with Crippen LogP contribution in [0.1, 0.15) is 39.2 Å². The van der Waals surface area contributed by atoms with Crippen LogP contribution in [-0.2, 0) is 6.42 Å². The molecule has 84 valence electrons. The smallest absolute Gasteiger partial charge is 0.126 e. The van der Waals surface area contributed by atoms with Gasteiger partial charge in [0.2, 0.25) is 0 Å². The summed E-state index contributed by atoms with van der Waals surface area (Å²) < 4.78 is 0. The summed E-state index contributed by atoms with van der Waals surface area (Å²) >= 11 is 1.84. The van der Waals surface area contributed by atoms with Crippen LogP contribution in [0.25, 0.3) is 0 Å². The lowest BCUT2D eigenvalue weighted by molar-refractivity contribution is 0.641. The van der Waals surface area contributed by atoms with E-state index in [0.29, 0.717) is 11.2 Å². The molecule has 2 nitrogen and oxygen atoms in total. The van der Waals surface area contributed by atoms with Crippen molar-refractivity contribution >= 4 is 11.8 Å². The van der Waals surface area contributed by atoms with Gasteiger partial charge in [0.1, 0.15) is 10.9 Å². The Hall–Kier alpha value is -0.570. The second kappa shape index (κ2) is 5.50. The van der Waals surface area contributed by atoms with E-state index in [1.165, 1.54) is 0 Å². The van der Waals surface area contributed by atoms with Crippen molar-refractivity contribution in [2.45, 2.75) is 51.3 Å². The summed E-state index contributed by atoms with van der Waals surface area (Å²) in [6, 6.07) is 2.11. The molecule has 0 amide bonds. The average Bonchev–Trinajstić information content (AvgIpc) is 2.16. The summed E-state index contributed by atoms with van der Waals surface area (Å²) in [5.41, 5.74) is 1.14. The van der Waals surface area contributed by atoms with Crippen molar-refractivity contribution < 1.29 is 0 Å². The summed E-state index contributed by atoms with van der Waals surface area (Å²) in [4.78, 5) is 8.84. The van der Waals surface area contributed by atoms with E-state index in [0.717, 1.165) is 23.0 Å². The van der Waals surface area contributed by atoms with E-state index in [2.05, 4.69) is 43.7 Å². The van der Waals surface area contributed by atoms with Gasteiger partial charge in [-0.05, 0) is 25.3 Å². The Morgan fingerprint density at radius 2 is 1.93 bits per heavy atom. The monoisotopic (exact) mass is 224 g/mol. The fraction of sp³-hybridized carbons (Fsp3) is 0.667. The Bertz CT molecular complexity index is 323. The molecule has 1 unspecified atom stereocenters. The largest absolute Gasteiger partial charge is 0.238 e. The van der Waals surface area contributed by atoms with Gasteiger partial charge in [0.15, 0.2) is 0 Å². The second-order valence-electron chi connectivity index (χ2n) is 4.17. The minimum absolute atomic E-state index is 0.601. The van der Waals surface area contributed by atoms with Crippen LogP contribution in [0.5, 0.6) is 0 Å². The highest BCUT2D eigenvalue weighted by Gasteiger charge is 2.10. The summed E-state index contributed by atoms with van der Waals surface area (Å²) in [5, 5.41) is 1.71. The number of nitrogens with zero attached hydrogens (tertiary/aromatic N) is 2. The molecule has 0 aliphatic rings. The van der Waals surface area contributed by atoms with E-state index in [1.807, 2.05) is 18.7 Å². The number of thioether (sulfide) groups is 1. The first-order valence-corrected chi connectivity index (χ1v) is 6.42. The van der Waals surface area contributed by atoms with E-state index in [-0.39, 0.29) is 0 Å². The van der Waals surface area contributed by atoms with Crippen molar-refractivity contribution in [1.82, 2.24) is 9.97 Å². The number of hydrogen-bond donors (Lipinski definition) is 0. The van der Waals surface area contributed by atoms with E-state index >= 15 is 0 Å². The Kier molecular flexibility index (Phi) is 4.58. The molecule has 0 N–H and O–H groups in total. The molecule has 0 aromatic carbocycles. The van der Waals surface area contributed by atoms with Crippen molar-refractivity contribution in [3.05, 3.63) is 17.6 Å². The maximum Gasteiger partial charge on any atom is 0.126 e. The fourth-order valence-corrected chi connectivity index (χ4v) is 2.21. The molecule has 0 saturated carbocycles. The van der Waals surface area contributed by atoms with Gasteiger partial charge in [-0.25, -0.2) is 9.97 Å². The zero-order valence-electron chi connectivity index (χ0n) is 10.2. The van der Waals surface area contributed by atoms with Crippen LogP contribution in [0.15, 0.2) is 11.1 Å². The molecule has 1 aromatic heterocycles. The predicted octanol–water partition coefficient (Wildman–Crippen LogP) is 3.48. The standard InChI is InChI=1S/C12H20N2S/c1-6-11-7-12(14-10(5)13-11)15-9(4)8(2)3/h7-9H,6H2,1-5H3. The topological polar surface area (TPSA) is 25.8 Å². The molecule has 3 heteroatoms. The third-order valence-corrected chi connectivity index (χ3v) is 3.84. The van der Waals surface area contributed by atoms with Gasteiger partial charge in [-0.15, -0.1) is 11.8 Å². The zero-order valence-corrected chi connectivity index (χ0v) is 11.1. The molecule has 1 heterocycles. The molecule has 0 saturated heterocycles. The number of rotatable bonds is 4. The molecule has 1 aromatic rings. The molecule has 0 fully saturated rings. The van der Waals surface area contributed by atoms with Crippen molar-refractivity contribution in [1.29, 1.82) is 0 Å². The molecule has 0 bridgehead atoms. The van der Waals surface area contributed by atoms with Crippen LogP contribution >= 0.6 is 11.8 Å². The van der Waals surface area contributed by atoms with Gasteiger partial charge in [0.25, 0.3) is 0 Å². The Labute approximate surface area is 96.9 Å². The van der Waals surface area contributed by atoms with E-state index in [1.54, 1.807) is 0 Å². The van der Waals surface area contributed by atoms with Crippen LogP contribution in [0.4, 0.5) is 0 Å². The first-order chi connectivity index (χ1) is 7.02. The summed E-state index contributed by atoms with van der Waals surface area (Å²) in [5.74, 6) is 1.56. The number of aryl methyl sites for hydroxylation is 2. The average molecular weight is 224 g/mol. The fourth-order valence-electron chi connectivity index (χ4n) is 1.17. The first-order valence-electron chi connectivity index (χ1n) is 5.54. The maximum absolute atomic E-state index is 4.46. The van der Waals surface area contributed by atoms with Gasteiger partial charge in [0, 0.05) is 10.9 Å². The van der Waals surface area contributed by atoms with E-state index in [9.17, 15) is 0 Å². The van der Waals surface area contributed by atoms with Gasteiger partial charge in [-0.1, -0.05) is 27.7 Å². The van der Waals surface area contributed by atoms with E-state index in [4.69, 9.17) is 0 Å². The third kappa shape index (κ3) is 3.82. The van der Waals surface area contributed by atoms with Crippen molar-refractivity contribution in [2.24, 2.45) is 5.92 Å². The summed E-state index contributed by atoms with van der Waals surface area (Å²) in [6.45, 7) is 10.8. The van der Waals surface area contributed by atoms with Crippen molar-refractivity contribution in [2.75, 3.05) is 0 Å². The van der Waals surface area contributed by atoms with Gasteiger partial charge >= 0.3 is 0 Å². The summed E-state index contributed by atoms with van der Waals surface area (Å²) in [6.07, 6.45) is 0.979. The molecule has 0 aliphatic heterocycles. The minimum Gasteiger partial charge on any atom is -0.238 e. The third-order valence-electron chi connectivity index (χ3n) is 2.48. The number of aromatic nitrogens is 2. The molecule has 1 atom stereocenters. The van der Waals surface area contributed by atoms with Crippen LogP contribution in [0.3, 0.4) is 0 Å². The highest BCUT2D eigenvalue weighted by Crippen LogP contribution is 2.26. The van der Waals surface area contributed by atoms with Crippen LogP contribution in [0, 0.1) is 12.8 Å². The lowest BCUT2D eigenvalue weighted by Crippen LogP contribution is -2.06. The zero-order chi connectivity index (χ0) is 11.4. The molecular weight excluding hydrogens is 204 g/mol. The second-order valence-corrected chi connectivity index (χ2v) is 5.56. The SMILES string of the molecule is CCc1cc(SC(C)C(C)C)nc(C)n1. The highest BCUT2D eigenvalue weighted by atomic mass is 32.2. The summed E-state index contributed by atoms with van der Waals surface area (Å²) in [7, 11) is 0. The maximum atomic E-state index is 4.46. The Morgan fingerprint density at radius 3 is 2.47 bits per heavy atom. The van der Waals surface area contributed by atoms with Gasteiger partial charge in [-0.2, -0.15) is 0 Å². The molecular formula is C12H20N2S.